The fourth-order valence-corrected chi connectivity index (χ4v) is 1.31. The van der Waals surface area contributed by atoms with Gasteiger partial charge < -0.3 is 10.1 Å². The SMILES string of the molecule is S=C(COc1ccccc1)NCCCCl. The number of rotatable bonds is 6. The number of halogens is 1. The minimum Gasteiger partial charge on any atom is -0.486 e. The highest BCUT2D eigenvalue weighted by Gasteiger charge is 1.96. The molecule has 0 saturated carbocycles. The van der Waals surface area contributed by atoms with E-state index in [0.29, 0.717) is 17.5 Å². The molecular formula is C11H14ClNOS. The summed E-state index contributed by atoms with van der Waals surface area (Å²) >= 11 is 10.6. The van der Waals surface area contributed by atoms with E-state index >= 15 is 0 Å². The molecule has 0 bridgehead atoms. The van der Waals surface area contributed by atoms with Gasteiger partial charge >= 0.3 is 0 Å². The van der Waals surface area contributed by atoms with E-state index in [1.54, 1.807) is 0 Å². The van der Waals surface area contributed by atoms with E-state index in [1.165, 1.54) is 0 Å². The van der Waals surface area contributed by atoms with Crippen LogP contribution in [0.25, 0.3) is 0 Å². The fraction of sp³-hybridized carbons (Fsp3) is 0.364. The highest BCUT2D eigenvalue weighted by Crippen LogP contribution is 2.07. The van der Waals surface area contributed by atoms with Gasteiger partial charge in [-0.3, -0.25) is 0 Å². The molecule has 2 nitrogen and oxygen atoms in total. The smallest absolute Gasteiger partial charge is 0.138 e. The van der Waals surface area contributed by atoms with Crippen molar-refractivity contribution in [2.45, 2.75) is 6.42 Å². The third-order valence-electron chi connectivity index (χ3n) is 1.75. The predicted molar refractivity (Wildman–Crippen MR) is 67.9 cm³/mol. The molecule has 0 heterocycles. The molecule has 0 atom stereocenters. The number of ether oxygens (including phenoxy) is 1. The lowest BCUT2D eigenvalue weighted by Crippen LogP contribution is -2.28. The number of benzene rings is 1. The van der Waals surface area contributed by atoms with Crippen LogP contribution in [-0.4, -0.2) is 24.0 Å². The molecule has 0 spiro atoms. The fourth-order valence-electron chi connectivity index (χ4n) is 1.01. The number of para-hydroxylation sites is 1. The third kappa shape index (κ3) is 5.60. The van der Waals surface area contributed by atoms with Crippen LogP contribution in [0.15, 0.2) is 30.3 Å². The van der Waals surface area contributed by atoms with Gasteiger partial charge in [-0.2, -0.15) is 0 Å². The molecule has 82 valence electrons. The van der Waals surface area contributed by atoms with Crippen molar-refractivity contribution in [3.63, 3.8) is 0 Å². The van der Waals surface area contributed by atoms with E-state index in [2.05, 4.69) is 5.32 Å². The quantitative estimate of drug-likeness (QED) is 0.472. The summed E-state index contributed by atoms with van der Waals surface area (Å²) in [5, 5.41) is 3.08. The van der Waals surface area contributed by atoms with E-state index in [-0.39, 0.29) is 0 Å². The Morgan fingerprint density at radius 1 is 1.33 bits per heavy atom. The average Bonchev–Trinajstić information content (AvgIpc) is 2.28. The molecule has 0 radical (unpaired) electrons. The first kappa shape index (κ1) is 12.3. The standard InChI is InChI=1S/C11H14ClNOS/c12-7-4-8-13-11(15)9-14-10-5-2-1-3-6-10/h1-3,5-6H,4,7-9H2,(H,13,15). The van der Waals surface area contributed by atoms with Gasteiger partial charge in [-0.05, 0) is 18.6 Å². The Morgan fingerprint density at radius 3 is 2.73 bits per heavy atom. The Morgan fingerprint density at radius 2 is 2.07 bits per heavy atom. The Labute approximate surface area is 101 Å². The van der Waals surface area contributed by atoms with Crippen LogP contribution in [-0.2, 0) is 0 Å². The zero-order valence-corrected chi connectivity index (χ0v) is 9.98. The molecule has 1 aromatic carbocycles. The minimum atomic E-state index is 0.418. The largest absolute Gasteiger partial charge is 0.486 e. The van der Waals surface area contributed by atoms with Crippen LogP contribution in [0.3, 0.4) is 0 Å². The van der Waals surface area contributed by atoms with E-state index in [4.69, 9.17) is 28.6 Å². The van der Waals surface area contributed by atoms with Crippen molar-refractivity contribution in [1.29, 1.82) is 0 Å². The van der Waals surface area contributed by atoms with Gasteiger partial charge in [0.2, 0.25) is 0 Å². The molecule has 0 fully saturated rings. The van der Waals surface area contributed by atoms with Crippen LogP contribution in [0.5, 0.6) is 5.75 Å². The molecule has 0 aliphatic carbocycles. The maximum Gasteiger partial charge on any atom is 0.138 e. The van der Waals surface area contributed by atoms with Gasteiger partial charge in [-0.15, -0.1) is 11.6 Å². The van der Waals surface area contributed by atoms with Gasteiger partial charge in [0.15, 0.2) is 0 Å². The van der Waals surface area contributed by atoms with E-state index < -0.39 is 0 Å². The second kappa shape index (κ2) is 7.49. The molecule has 15 heavy (non-hydrogen) atoms. The number of hydrogen-bond donors (Lipinski definition) is 1. The van der Waals surface area contributed by atoms with Crippen LogP contribution < -0.4 is 10.1 Å². The molecule has 1 N–H and O–H groups in total. The van der Waals surface area contributed by atoms with Crippen molar-refractivity contribution in [3.05, 3.63) is 30.3 Å². The maximum atomic E-state index is 5.54. The normalized spacial score (nSPS) is 9.67. The lowest BCUT2D eigenvalue weighted by Gasteiger charge is -2.08. The Hall–Kier alpha value is -0.800. The lowest BCUT2D eigenvalue weighted by molar-refractivity contribution is 0.374. The first-order valence-corrected chi connectivity index (χ1v) is 5.77. The monoisotopic (exact) mass is 243 g/mol. The second-order valence-electron chi connectivity index (χ2n) is 2.99. The van der Waals surface area contributed by atoms with Gasteiger partial charge in [-0.25, -0.2) is 0 Å². The molecule has 1 aromatic rings. The second-order valence-corrected chi connectivity index (χ2v) is 3.86. The first-order valence-electron chi connectivity index (χ1n) is 4.83. The maximum absolute atomic E-state index is 5.54. The molecule has 0 amide bonds. The summed E-state index contributed by atoms with van der Waals surface area (Å²) in [5.74, 6) is 1.48. The minimum absolute atomic E-state index is 0.418. The molecular weight excluding hydrogens is 230 g/mol. The summed E-state index contributed by atoms with van der Waals surface area (Å²) < 4.78 is 5.46. The molecule has 4 heteroatoms. The third-order valence-corrected chi connectivity index (χ3v) is 2.28. The molecule has 0 aromatic heterocycles. The highest BCUT2D eigenvalue weighted by atomic mass is 35.5. The lowest BCUT2D eigenvalue weighted by atomic mass is 10.3. The van der Waals surface area contributed by atoms with Crippen molar-refractivity contribution < 1.29 is 4.74 Å². The van der Waals surface area contributed by atoms with Crippen molar-refractivity contribution in [2.75, 3.05) is 19.0 Å². The van der Waals surface area contributed by atoms with Crippen LogP contribution in [0.1, 0.15) is 6.42 Å². The van der Waals surface area contributed by atoms with Gasteiger partial charge in [0.1, 0.15) is 17.3 Å². The van der Waals surface area contributed by atoms with Gasteiger partial charge in [0, 0.05) is 12.4 Å². The zero-order chi connectivity index (χ0) is 10.9. The zero-order valence-electron chi connectivity index (χ0n) is 8.41. The van der Waals surface area contributed by atoms with Crippen LogP contribution >= 0.6 is 23.8 Å². The van der Waals surface area contributed by atoms with Gasteiger partial charge in [0.05, 0.1) is 0 Å². The summed E-state index contributed by atoms with van der Waals surface area (Å²) in [7, 11) is 0. The van der Waals surface area contributed by atoms with Crippen LogP contribution in [0.4, 0.5) is 0 Å². The van der Waals surface area contributed by atoms with Crippen molar-refractivity contribution in [3.8, 4) is 5.75 Å². The van der Waals surface area contributed by atoms with Crippen LogP contribution in [0, 0.1) is 0 Å². The Bertz CT molecular complexity index is 292. The number of hydrogen-bond acceptors (Lipinski definition) is 2. The summed E-state index contributed by atoms with van der Waals surface area (Å²) in [5.41, 5.74) is 0. The summed E-state index contributed by atoms with van der Waals surface area (Å²) in [6.45, 7) is 1.22. The number of nitrogens with one attached hydrogen (secondary N) is 1. The highest BCUT2D eigenvalue weighted by molar-refractivity contribution is 7.80. The molecule has 0 unspecified atom stereocenters. The number of thiocarbonyl (C=S) groups is 1. The van der Waals surface area contributed by atoms with E-state index in [1.807, 2.05) is 30.3 Å². The van der Waals surface area contributed by atoms with Crippen molar-refractivity contribution in [1.82, 2.24) is 5.32 Å². The summed E-state index contributed by atoms with van der Waals surface area (Å²) in [4.78, 5) is 0.712. The average molecular weight is 244 g/mol. The summed E-state index contributed by atoms with van der Waals surface area (Å²) in [6, 6.07) is 9.62. The molecule has 0 saturated heterocycles. The summed E-state index contributed by atoms with van der Waals surface area (Å²) in [6.07, 6.45) is 0.910. The molecule has 1 rings (SSSR count). The molecule has 0 aliphatic rings. The predicted octanol–water partition coefficient (Wildman–Crippen LogP) is 2.61. The van der Waals surface area contributed by atoms with Crippen molar-refractivity contribution >= 4 is 28.8 Å². The Kier molecular flexibility index (Phi) is 6.12. The topological polar surface area (TPSA) is 21.3 Å². The van der Waals surface area contributed by atoms with E-state index in [9.17, 15) is 0 Å². The van der Waals surface area contributed by atoms with Crippen LogP contribution in [0.2, 0.25) is 0 Å². The Balaban J connectivity index is 2.17. The van der Waals surface area contributed by atoms with Crippen molar-refractivity contribution in [2.24, 2.45) is 0 Å². The number of alkyl halides is 1. The first-order chi connectivity index (χ1) is 7.33. The van der Waals surface area contributed by atoms with Gasteiger partial charge in [-0.1, -0.05) is 30.4 Å². The van der Waals surface area contributed by atoms with E-state index in [0.717, 1.165) is 18.7 Å². The molecule has 0 aliphatic heterocycles. The van der Waals surface area contributed by atoms with Gasteiger partial charge in [0.25, 0.3) is 0 Å².